The van der Waals surface area contributed by atoms with Gasteiger partial charge in [0, 0.05) is 60.6 Å². The molecule has 0 amide bonds. The molecule has 0 fully saturated rings. The van der Waals surface area contributed by atoms with E-state index in [9.17, 15) is 39.6 Å². The molecular formula is C10H16K2N2O10-2. The standard InChI is InChI=1S/C10H16N2O8.2K.2H2O/c11-9(1-5(13)14,2-6(15)16)10(12,3-7(17)18)4-8(19)20;;;;/h1-4,11-12H2,(H,13,14)(H,15,16)(H,17,18)(H,19,20);;;2*1H2/q;2*+1;;/p-4. The number of carboxylic acids is 4. The Balaban J connectivity index is -0.000000301. The van der Waals surface area contributed by atoms with Crippen LogP contribution in [0.5, 0.6) is 0 Å². The normalized spacial score (nSPS) is 9.92. The van der Waals surface area contributed by atoms with Gasteiger partial charge in [-0.2, -0.15) is 0 Å². The summed E-state index contributed by atoms with van der Waals surface area (Å²) in [6.45, 7) is 0. The van der Waals surface area contributed by atoms with Crippen LogP contribution in [0.2, 0.25) is 0 Å². The molecule has 0 aromatic heterocycles. The minimum Gasteiger partial charge on any atom is -0.550 e. The molecule has 0 atom stereocenters. The molecule has 0 aliphatic heterocycles. The number of carbonyl (C=O) groups excluding carboxylic acids is 4. The molecule has 0 heterocycles. The molecule has 0 saturated carbocycles. The van der Waals surface area contributed by atoms with E-state index in [1.807, 2.05) is 0 Å². The van der Waals surface area contributed by atoms with Crippen LogP contribution >= 0.6 is 0 Å². The van der Waals surface area contributed by atoms with Gasteiger partial charge >= 0.3 is 103 Å². The molecule has 0 aliphatic rings. The molecule has 0 aliphatic carbocycles. The minimum atomic E-state index is -2.43. The first-order valence-corrected chi connectivity index (χ1v) is 5.29. The van der Waals surface area contributed by atoms with Crippen LogP contribution in [0.25, 0.3) is 0 Å². The average molecular weight is 402 g/mol. The van der Waals surface area contributed by atoms with E-state index in [1.165, 1.54) is 0 Å². The molecule has 130 valence electrons. The topological polar surface area (TPSA) is 276 Å². The number of carbonyl (C=O) groups is 4. The molecule has 0 radical (unpaired) electrons. The van der Waals surface area contributed by atoms with E-state index >= 15 is 0 Å². The van der Waals surface area contributed by atoms with Crippen LogP contribution in [0.15, 0.2) is 0 Å². The summed E-state index contributed by atoms with van der Waals surface area (Å²) in [6, 6.07) is 0. The van der Waals surface area contributed by atoms with E-state index in [0.717, 1.165) is 0 Å². The second-order valence-corrected chi connectivity index (χ2v) is 4.51. The summed E-state index contributed by atoms with van der Waals surface area (Å²) >= 11 is 0. The fraction of sp³-hybridized carbons (Fsp3) is 0.600. The summed E-state index contributed by atoms with van der Waals surface area (Å²) in [4.78, 5) is 42.5. The van der Waals surface area contributed by atoms with E-state index in [1.54, 1.807) is 0 Å². The zero-order valence-electron chi connectivity index (χ0n) is 13.2. The van der Waals surface area contributed by atoms with Gasteiger partial charge in [-0.3, -0.25) is 0 Å². The Bertz CT molecular complexity index is 373. The Hall–Kier alpha value is 0.993. The van der Waals surface area contributed by atoms with Crippen molar-refractivity contribution in [2.45, 2.75) is 36.8 Å². The van der Waals surface area contributed by atoms with E-state index < -0.39 is 60.6 Å². The number of hydrogen-bond acceptors (Lipinski definition) is 10. The van der Waals surface area contributed by atoms with Crippen LogP contribution < -0.4 is 135 Å². The molecule has 8 N–H and O–H groups in total. The summed E-state index contributed by atoms with van der Waals surface area (Å²) in [5, 5.41) is 42.5. The molecule has 0 aromatic carbocycles. The Kier molecular flexibility index (Phi) is 22.6. The SMILES string of the molecule is NC(CC(=O)[O-])(CC(=O)[O-])C(N)(CC(=O)[O-])CC(=O)[O-].O.O.[K+].[K+]. The fourth-order valence-corrected chi connectivity index (χ4v) is 1.86. The first-order chi connectivity index (χ1) is 8.92. The number of rotatable bonds is 9. The van der Waals surface area contributed by atoms with E-state index in [2.05, 4.69) is 0 Å². The second kappa shape index (κ2) is 15.1. The molecule has 0 rings (SSSR count). The minimum absolute atomic E-state index is 0. The third-order valence-electron chi connectivity index (χ3n) is 2.83. The van der Waals surface area contributed by atoms with Crippen LogP contribution in [-0.4, -0.2) is 45.9 Å². The van der Waals surface area contributed by atoms with Gasteiger partial charge in [0.05, 0.1) is 0 Å². The van der Waals surface area contributed by atoms with Crippen molar-refractivity contribution in [2.75, 3.05) is 0 Å². The number of hydrogen-bond donors (Lipinski definition) is 2. The quantitative estimate of drug-likeness (QED) is 0.343. The summed E-state index contributed by atoms with van der Waals surface area (Å²) < 4.78 is 0. The average Bonchev–Trinajstić information content (AvgIpc) is 2.10. The molecule has 14 heteroatoms. The zero-order chi connectivity index (χ0) is 16.1. The van der Waals surface area contributed by atoms with E-state index in [0.29, 0.717) is 0 Å². The number of nitrogens with two attached hydrogens (primary N) is 2. The Morgan fingerprint density at radius 2 is 0.708 bits per heavy atom. The van der Waals surface area contributed by atoms with Crippen molar-refractivity contribution in [3.8, 4) is 0 Å². The van der Waals surface area contributed by atoms with Gasteiger partial charge in [-0.15, -0.1) is 0 Å². The monoisotopic (exact) mass is 402 g/mol. The largest absolute Gasteiger partial charge is 1.00 e. The van der Waals surface area contributed by atoms with Crippen molar-refractivity contribution in [2.24, 2.45) is 11.5 Å². The second-order valence-electron chi connectivity index (χ2n) is 4.51. The summed E-state index contributed by atoms with van der Waals surface area (Å²) in [5.41, 5.74) is 6.20. The predicted molar refractivity (Wildman–Crippen MR) is 59.6 cm³/mol. The van der Waals surface area contributed by atoms with Crippen molar-refractivity contribution in [1.29, 1.82) is 0 Å². The van der Waals surface area contributed by atoms with Gasteiger partial charge < -0.3 is 62.0 Å². The molecule has 24 heavy (non-hydrogen) atoms. The Labute approximate surface area is 221 Å². The van der Waals surface area contributed by atoms with Crippen molar-refractivity contribution >= 4 is 23.9 Å². The fourth-order valence-electron chi connectivity index (χ4n) is 1.86. The van der Waals surface area contributed by atoms with Gasteiger partial charge in [0.2, 0.25) is 0 Å². The van der Waals surface area contributed by atoms with E-state index in [4.69, 9.17) is 11.5 Å². The molecular weight excluding hydrogens is 386 g/mol. The first kappa shape index (κ1) is 36.0. The van der Waals surface area contributed by atoms with Gasteiger partial charge in [0.1, 0.15) is 0 Å². The maximum atomic E-state index is 10.6. The molecule has 0 aromatic rings. The third kappa shape index (κ3) is 12.4. The van der Waals surface area contributed by atoms with Gasteiger partial charge in [0.25, 0.3) is 0 Å². The number of carboxylic acid groups (broad SMARTS) is 4. The van der Waals surface area contributed by atoms with Crippen LogP contribution in [0.1, 0.15) is 25.7 Å². The smallest absolute Gasteiger partial charge is 0.550 e. The van der Waals surface area contributed by atoms with Gasteiger partial charge in [-0.25, -0.2) is 0 Å². The van der Waals surface area contributed by atoms with Crippen LogP contribution in [-0.2, 0) is 19.2 Å². The number of aliphatic carboxylic acids is 4. The van der Waals surface area contributed by atoms with Crippen molar-refractivity contribution in [1.82, 2.24) is 0 Å². The summed E-state index contributed by atoms with van der Waals surface area (Å²) in [5.74, 6) is -7.33. The van der Waals surface area contributed by atoms with Gasteiger partial charge in [-0.05, 0) is 0 Å². The summed E-state index contributed by atoms with van der Waals surface area (Å²) in [7, 11) is 0. The molecule has 0 bridgehead atoms. The van der Waals surface area contributed by atoms with Crippen LogP contribution in [0, 0.1) is 0 Å². The molecule has 0 unspecified atom stereocenters. The van der Waals surface area contributed by atoms with Crippen molar-refractivity contribution < 1.29 is 153 Å². The maximum Gasteiger partial charge on any atom is 1.00 e. The summed E-state index contributed by atoms with van der Waals surface area (Å²) in [6.07, 6.45) is -4.73. The van der Waals surface area contributed by atoms with E-state index in [-0.39, 0.29) is 114 Å². The van der Waals surface area contributed by atoms with Crippen LogP contribution in [0.4, 0.5) is 0 Å². The van der Waals surface area contributed by atoms with Crippen molar-refractivity contribution in [3.63, 3.8) is 0 Å². The maximum absolute atomic E-state index is 10.6. The molecule has 0 saturated heterocycles. The first-order valence-electron chi connectivity index (χ1n) is 5.29. The third-order valence-corrected chi connectivity index (χ3v) is 2.83. The molecule has 0 spiro atoms. The zero-order valence-corrected chi connectivity index (χ0v) is 19.5. The van der Waals surface area contributed by atoms with Crippen molar-refractivity contribution in [3.05, 3.63) is 0 Å². The van der Waals surface area contributed by atoms with Gasteiger partial charge in [0.15, 0.2) is 0 Å². The predicted octanol–water partition coefficient (Wildman–Crippen LogP) is -14.7. The molecule has 12 nitrogen and oxygen atoms in total. The van der Waals surface area contributed by atoms with Crippen LogP contribution in [0.3, 0.4) is 0 Å². The Morgan fingerprint density at radius 3 is 0.792 bits per heavy atom. The van der Waals surface area contributed by atoms with Gasteiger partial charge in [-0.1, -0.05) is 0 Å². The Morgan fingerprint density at radius 1 is 0.583 bits per heavy atom.